The number of nitrogens with zero attached hydrogens (tertiary/aromatic N) is 1. The molecule has 1 aromatic heterocycles. The number of halogens is 1. The molecule has 0 bridgehead atoms. The van der Waals surface area contributed by atoms with Gasteiger partial charge in [0.2, 0.25) is 0 Å². The van der Waals surface area contributed by atoms with Crippen LogP contribution in [0.15, 0.2) is 52.5 Å². The maximum atomic E-state index is 6.36. The zero-order chi connectivity index (χ0) is 13.7. The predicted molar refractivity (Wildman–Crippen MR) is 81.9 cm³/mol. The fraction of sp³-hybridized carbons (Fsp3) is 0.267. The van der Waals surface area contributed by atoms with E-state index in [4.69, 9.17) is 11.6 Å². The Bertz CT molecular complexity index is 531. The molecule has 0 aliphatic rings. The van der Waals surface area contributed by atoms with Gasteiger partial charge in [0.15, 0.2) is 0 Å². The van der Waals surface area contributed by atoms with Crippen molar-refractivity contribution in [2.75, 3.05) is 6.54 Å². The summed E-state index contributed by atoms with van der Waals surface area (Å²) in [6.45, 7) is 5.16. The van der Waals surface area contributed by atoms with E-state index in [0.717, 1.165) is 22.0 Å². The van der Waals surface area contributed by atoms with Gasteiger partial charge in [-0.2, -0.15) is 0 Å². The summed E-state index contributed by atoms with van der Waals surface area (Å²) in [6.07, 6.45) is 3.59. The van der Waals surface area contributed by atoms with E-state index in [9.17, 15) is 0 Å². The first-order valence-corrected chi connectivity index (χ1v) is 7.51. The van der Waals surface area contributed by atoms with Crippen molar-refractivity contribution < 1.29 is 0 Å². The number of nitrogens with one attached hydrogen (secondary N) is 1. The van der Waals surface area contributed by atoms with E-state index in [1.165, 1.54) is 4.90 Å². The maximum Gasteiger partial charge on any atom is 0.0464 e. The molecule has 19 heavy (non-hydrogen) atoms. The molecule has 0 saturated carbocycles. The van der Waals surface area contributed by atoms with Crippen LogP contribution in [0, 0.1) is 0 Å². The van der Waals surface area contributed by atoms with Crippen molar-refractivity contribution in [2.24, 2.45) is 0 Å². The quantitative estimate of drug-likeness (QED) is 0.874. The van der Waals surface area contributed by atoms with Gasteiger partial charge in [0.25, 0.3) is 0 Å². The van der Waals surface area contributed by atoms with Crippen molar-refractivity contribution in [2.45, 2.75) is 29.7 Å². The summed E-state index contributed by atoms with van der Waals surface area (Å²) < 4.78 is 0. The van der Waals surface area contributed by atoms with Crippen LogP contribution in [-0.2, 0) is 0 Å². The minimum atomic E-state index is 0.275. The molecule has 1 aromatic carbocycles. The highest BCUT2D eigenvalue weighted by atomic mass is 35.5. The molecule has 2 rings (SSSR count). The molecule has 4 heteroatoms. The molecule has 2 nitrogen and oxygen atoms in total. The van der Waals surface area contributed by atoms with Crippen molar-refractivity contribution in [1.29, 1.82) is 0 Å². The Morgan fingerprint density at radius 3 is 2.58 bits per heavy atom. The van der Waals surface area contributed by atoms with E-state index >= 15 is 0 Å². The summed E-state index contributed by atoms with van der Waals surface area (Å²) >= 11 is 8.05. The van der Waals surface area contributed by atoms with Crippen molar-refractivity contribution >= 4 is 23.4 Å². The number of aromatic nitrogens is 1. The lowest BCUT2D eigenvalue weighted by Gasteiger charge is -2.15. The van der Waals surface area contributed by atoms with Gasteiger partial charge >= 0.3 is 0 Å². The fourth-order valence-electron chi connectivity index (χ4n) is 1.88. The number of hydrogen-bond donors (Lipinski definition) is 1. The zero-order valence-corrected chi connectivity index (χ0v) is 12.6. The summed E-state index contributed by atoms with van der Waals surface area (Å²) in [5, 5.41) is 4.18. The van der Waals surface area contributed by atoms with Gasteiger partial charge in [-0.15, -0.1) is 0 Å². The molecule has 1 unspecified atom stereocenters. The molecule has 1 atom stereocenters. The van der Waals surface area contributed by atoms with Crippen LogP contribution in [0.2, 0.25) is 5.02 Å². The van der Waals surface area contributed by atoms with Crippen LogP contribution < -0.4 is 5.32 Å². The standard InChI is InChI=1S/C15H17ClN2S/c1-3-18-11(2)14-5-4-13(10-15(14)16)19-12-6-8-17-9-7-12/h4-11,18H,3H2,1-2H3. The molecule has 0 amide bonds. The van der Waals surface area contributed by atoms with Crippen LogP contribution in [0.3, 0.4) is 0 Å². The Hall–Kier alpha value is -1.03. The van der Waals surface area contributed by atoms with Gasteiger partial charge in [-0.05, 0) is 43.3 Å². The molecule has 0 radical (unpaired) electrons. The third-order valence-electron chi connectivity index (χ3n) is 2.83. The molecule has 2 aromatic rings. The molecule has 0 saturated heterocycles. The molecule has 0 fully saturated rings. The van der Waals surface area contributed by atoms with Crippen molar-refractivity contribution in [3.05, 3.63) is 53.3 Å². The normalized spacial score (nSPS) is 12.4. The SMILES string of the molecule is CCNC(C)c1ccc(Sc2ccncc2)cc1Cl. The molecule has 0 spiro atoms. The Morgan fingerprint density at radius 2 is 1.95 bits per heavy atom. The van der Waals surface area contributed by atoms with E-state index in [0.29, 0.717) is 0 Å². The van der Waals surface area contributed by atoms with Gasteiger partial charge in [-0.1, -0.05) is 36.4 Å². The minimum absolute atomic E-state index is 0.275. The Kier molecular flexibility index (Phi) is 5.25. The third kappa shape index (κ3) is 3.96. The molecule has 1 N–H and O–H groups in total. The lowest BCUT2D eigenvalue weighted by atomic mass is 10.1. The lowest BCUT2D eigenvalue weighted by molar-refractivity contribution is 0.598. The van der Waals surface area contributed by atoms with Crippen molar-refractivity contribution in [3.8, 4) is 0 Å². The van der Waals surface area contributed by atoms with E-state index in [1.54, 1.807) is 24.2 Å². The number of hydrogen-bond acceptors (Lipinski definition) is 3. The zero-order valence-electron chi connectivity index (χ0n) is 11.1. The first-order chi connectivity index (χ1) is 9.20. The second kappa shape index (κ2) is 6.94. The Labute approximate surface area is 123 Å². The van der Waals surface area contributed by atoms with Crippen LogP contribution in [0.1, 0.15) is 25.5 Å². The second-order valence-electron chi connectivity index (χ2n) is 4.25. The molecule has 0 aliphatic heterocycles. The molecule has 100 valence electrons. The van der Waals surface area contributed by atoms with Gasteiger partial charge in [-0.25, -0.2) is 0 Å². The summed E-state index contributed by atoms with van der Waals surface area (Å²) in [5.74, 6) is 0. The average molecular weight is 293 g/mol. The van der Waals surface area contributed by atoms with Gasteiger partial charge < -0.3 is 5.32 Å². The summed E-state index contributed by atoms with van der Waals surface area (Å²) in [6, 6.07) is 10.5. The smallest absolute Gasteiger partial charge is 0.0464 e. The molecule has 0 aliphatic carbocycles. The number of rotatable bonds is 5. The fourth-order valence-corrected chi connectivity index (χ4v) is 3.13. The van der Waals surface area contributed by atoms with Gasteiger partial charge in [0.1, 0.15) is 0 Å². The molecule has 1 heterocycles. The Morgan fingerprint density at radius 1 is 1.21 bits per heavy atom. The highest BCUT2D eigenvalue weighted by Crippen LogP contribution is 2.32. The number of benzene rings is 1. The Balaban J connectivity index is 2.15. The second-order valence-corrected chi connectivity index (χ2v) is 5.80. The average Bonchev–Trinajstić information content (AvgIpc) is 2.40. The monoisotopic (exact) mass is 292 g/mol. The third-order valence-corrected chi connectivity index (χ3v) is 4.16. The van der Waals surface area contributed by atoms with Crippen LogP contribution >= 0.6 is 23.4 Å². The van der Waals surface area contributed by atoms with Gasteiger partial charge in [-0.3, -0.25) is 4.98 Å². The minimum Gasteiger partial charge on any atom is -0.310 e. The first-order valence-electron chi connectivity index (χ1n) is 6.31. The van der Waals surface area contributed by atoms with Crippen molar-refractivity contribution in [1.82, 2.24) is 10.3 Å². The van der Waals surface area contributed by atoms with Crippen LogP contribution in [0.25, 0.3) is 0 Å². The van der Waals surface area contributed by atoms with Gasteiger partial charge in [0, 0.05) is 33.2 Å². The predicted octanol–water partition coefficient (Wildman–Crippen LogP) is 4.56. The summed E-state index contributed by atoms with van der Waals surface area (Å²) in [4.78, 5) is 6.32. The summed E-state index contributed by atoms with van der Waals surface area (Å²) in [7, 11) is 0. The van der Waals surface area contributed by atoms with Crippen LogP contribution in [-0.4, -0.2) is 11.5 Å². The summed E-state index contributed by atoms with van der Waals surface area (Å²) in [5.41, 5.74) is 1.14. The lowest BCUT2D eigenvalue weighted by Crippen LogP contribution is -2.17. The van der Waals surface area contributed by atoms with E-state index in [1.807, 2.05) is 18.2 Å². The molecular weight excluding hydrogens is 276 g/mol. The highest BCUT2D eigenvalue weighted by Gasteiger charge is 2.09. The van der Waals surface area contributed by atoms with Crippen LogP contribution in [0.5, 0.6) is 0 Å². The van der Waals surface area contributed by atoms with E-state index in [-0.39, 0.29) is 6.04 Å². The van der Waals surface area contributed by atoms with E-state index < -0.39 is 0 Å². The van der Waals surface area contributed by atoms with Gasteiger partial charge in [0.05, 0.1) is 0 Å². The largest absolute Gasteiger partial charge is 0.310 e. The highest BCUT2D eigenvalue weighted by molar-refractivity contribution is 7.99. The van der Waals surface area contributed by atoms with Crippen molar-refractivity contribution in [3.63, 3.8) is 0 Å². The van der Waals surface area contributed by atoms with Crippen LogP contribution in [0.4, 0.5) is 0 Å². The number of pyridine rings is 1. The topological polar surface area (TPSA) is 24.9 Å². The molecular formula is C15H17ClN2S. The van der Waals surface area contributed by atoms with E-state index in [2.05, 4.69) is 36.3 Å². The maximum absolute atomic E-state index is 6.36. The first kappa shape index (κ1) is 14.4.